The molecule has 204 valence electrons. The third kappa shape index (κ3) is 8.44. The molecule has 3 rings (SSSR count). The minimum absolute atomic E-state index is 0.0169. The average Bonchev–Trinajstić information content (AvgIpc) is 3.32. The Bertz CT molecular complexity index is 1380. The lowest BCUT2D eigenvalue weighted by atomic mass is 9.87. The van der Waals surface area contributed by atoms with Crippen molar-refractivity contribution in [1.29, 1.82) is 0 Å². The molecule has 3 aromatic rings. The van der Waals surface area contributed by atoms with Crippen molar-refractivity contribution < 1.29 is 26.8 Å². The van der Waals surface area contributed by atoms with Crippen molar-refractivity contribution in [3.05, 3.63) is 72.2 Å². The fourth-order valence-corrected chi connectivity index (χ4v) is 4.42. The van der Waals surface area contributed by atoms with Crippen molar-refractivity contribution in [3.63, 3.8) is 0 Å². The van der Waals surface area contributed by atoms with E-state index in [1.54, 1.807) is 30.3 Å². The van der Waals surface area contributed by atoms with Gasteiger partial charge in [-0.05, 0) is 67.3 Å². The van der Waals surface area contributed by atoms with Crippen molar-refractivity contribution in [2.45, 2.75) is 51.1 Å². The number of nitrogens with one attached hydrogen (secondary N) is 3. The van der Waals surface area contributed by atoms with Gasteiger partial charge in [0, 0.05) is 30.1 Å². The van der Waals surface area contributed by atoms with Gasteiger partial charge in [-0.25, -0.2) is 12.8 Å². The van der Waals surface area contributed by atoms with Gasteiger partial charge in [-0.3, -0.25) is 9.59 Å². The molecule has 0 bridgehead atoms. The normalized spacial score (nSPS) is 13.4. The number of hydrogen-bond acceptors (Lipinski definition) is 6. The molecular formula is C28H34FN3O5S. The molecule has 10 heteroatoms. The molecular weight excluding hydrogens is 509 g/mol. The lowest BCUT2D eigenvalue weighted by molar-refractivity contribution is -0.124. The van der Waals surface area contributed by atoms with Crippen LogP contribution in [0.25, 0.3) is 11.3 Å². The van der Waals surface area contributed by atoms with Crippen LogP contribution in [0.4, 0.5) is 10.1 Å². The Hall–Kier alpha value is -3.66. The highest BCUT2D eigenvalue weighted by atomic mass is 32.2. The van der Waals surface area contributed by atoms with Gasteiger partial charge in [-0.2, -0.15) is 0 Å². The fourth-order valence-electron chi connectivity index (χ4n) is 3.79. The molecule has 8 nitrogen and oxygen atoms in total. The molecule has 0 aliphatic carbocycles. The van der Waals surface area contributed by atoms with E-state index in [9.17, 15) is 22.4 Å². The lowest BCUT2D eigenvalue weighted by Crippen LogP contribution is -2.51. The summed E-state index contributed by atoms with van der Waals surface area (Å²) in [6.07, 6.45) is 1.53. The Kier molecular flexibility index (Phi) is 8.98. The van der Waals surface area contributed by atoms with E-state index in [0.29, 0.717) is 30.0 Å². The van der Waals surface area contributed by atoms with Crippen molar-refractivity contribution in [3.8, 4) is 11.3 Å². The third-order valence-corrected chi connectivity index (χ3v) is 6.79. The SMILES string of the molecule is C[C@@H](CNc1ccc(S(C)(=O)=O)cc1)NC(=O)[C@H](CC(C)(C)C)NC(=O)c1ccc(-c2cccc(F)c2)o1. The summed E-state index contributed by atoms with van der Waals surface area (Å²) in [6, 6.07) is 14.2. The molecule has 0 aliphatic heterocycles. The van der Waals surface area contributed by atoms with Crippen LogP contribution in [-0.2, 0) is 14.6 Å². The number of sulfone groups is 1. The highest BCUT2D eigenvalue weighted by molar-refractivity contribution is 7.90. The van der Waals surface area contributed by atoms with Crippen LogP contribution in [-0.4, -0.2) is 45.1 Å². The van der Waals surface area contributed by atoms with Crippen LogP contribution >= 0.6 is 0 Å². The van der Waals surface area contributed by atoms with E-state index < -0.39 is 27.6 Å². The molecule has 0 saturated carbocycles. The first-order chi connectivity index (χ1) is 17.7. The molecule has 0 spiro atoms. The number of rotatable bonds is 10. The summed E-state index contributed by atoms with van der Waals surface area (Å²) in [5.74, 6) is -0.944. The zero-order valence-electron chi connectivity index (χ0n) is 22.2. The first kappa shape index (κ1) is 28.9. The summed E-state index contributed by atoms with van der Waals surface area (Å²) in [5, 5.41) is 8.85. The highest BCUT2D eigenvalue weighted by Gasteiger charge is 2.28. The van der Waals surface area contributed by atoms with E-state index in [4.69, 9.17) is 4.42 Å². The molecule has 0 unspecified atom stereocenters. The molecule has 3 N–H and O–H groups in total. The second-order valence-electron chi connectivity index (χ2n) is 10.6. The topological polar surface area (TPSA) is 118 Å². The van der Waals surface area contributed by atoms with E-state index in [2.05, 4.69) is 16.0 Å². The Morgan fingerprint density at radius 2 is 1.68 bits per heavy atom. The molecule has 0 aliphatic rings. The van der Waals surface area contributed by atoms with E-state index in [-0.39, 0.29) is 28.0 Å². The van der Waals surface area contributed by atoms with Gasteiger partial charge in [0.05, 0.1) is 4.90 Å². The number of carbonyl (C=O) groups is 2. The minimum Gasteiger partial charge on any atom is -0.451 e. The van der Waals surface area contributed by atoms with Crippen LogP contribution in [0.15, 0.2) is 70.0 Å². The summed E-state index contributed by atoms with van der Waals surface area (Å²) in [7, 11) is -3.28. The summed E-state index contributed by atoms with van der Waals surface area (Å²) >= 11 is 0. The number of carbonyl (C=O) groups excluding carboxylic acids is 2. The van der Waals surface area contributed by atoms with Gasteiger partial charge in [0.2, 0.25) is 5.91 Å². The van der Waals surface area contributed by atoms with Crippen molar-refractivity contribution in [2.24, 2.45) is 5.41 Å². The minimum atomic E-state index is -3.28. The molecule has 0 radical (unpaired) electrons. The predicted molar refractivity (Wildman–Crippen MR) is 145 cm³/mol. The predicted octanol–water partition coefficient (Wildman–Crippen LogP) is 4.64. The summed E-state index contributed by atoms with van der Waals surface area (Å²) in [6.45, 7) is 8.12. The van der Waals surface area contributed by atoms with Crippen LogP contribution in [0.2, 0.25) is 0 Å². The number of benzene rings is 2. The Labute approximate surface area is 222 Å². The number of hydrogen-bond donors (Lipinski definition) is 3. The fraction of sp³-hybridized carbons (Fsp3) is 0.357. The second-order valence-corrected chi connectivity index (χ2v) is 12.6. The molecule has 0 saturated heterocycles. The van der Waals surface area contributed by atoms with Gasteiger partial charge in [0.1, 0.15) is 17.6 Å². The summed E-state index contributed by atoms with van der Waals surface area (Å²) in [4.78, 5) is 26.3. The summed E-state index contributed by atoms with van der Waals surface area (Å²) < 4.78 is 42.4. The van der Waals surface area contributed by atoms with Crippen LogP contribution in [0.3, 0.4) is 0 Å². The van der Waals surface area contributed by atoms with E-state index in [0.717, 1.165) is 6.26 Å². The second kappa shape index (κ2) is 11.8. The molecule has 2 aromatic carbocycles. The van der Waals surface area contributed by atoms with E-state index in [1.807, 2.05) is 27.7 Å². The van der Waals surface area contributed by atoms with Crippen molar-refractivity contribution >= 4 is 27.3 Å². The summed E-state index contributed by atoms with van der Waals surface area (Å²) in [5.41, 5.74) is 0.957. The maximum atomic E-state index is 13.6. The van der Waals surface area contributed by atoms with Crippen LogP contribution in [0, 0.1) is 11.2 Å². The zero-order valence-corrected chi connectivity index (χ0v) is 23.0. The molecule has 2 atom stereocenters. The van der Waals surface area contributed by atoms with E-state index in [1.165, 1.54) is 30.3 Å². The van der Waals surface area contributed by atoms with Gasteiger partial charge >= 0.3 is 0 Å². The zero-order chi connectivity index (χ0) is 28.1. The number of anilines is 1. The van der Waals surface area contributed by atoms with Crippen LogP contribution in [0.5, 0.6) is 0 Å². The van der Waals surface area contributed by atoms with Gasteiger partial charge in [0.15, 0.2) is 15.6 Å². The molecule has 2 amide bonds. The first-order valence-electron chi connectivity index (χ1n) is 12.2. The maximum Gasteiger partial charge on any atom is 0.287 e. The monoisotopic (exact) mass is 543 g/mol. The van der Waals surface area contributed by atoms with Crippen molar-refractivity contribution in [2.75, 3.05) is 18.1 Å². The smallest absolute Gasteiger partial charge is 0.287 e. The Balaban J connectivity index is 1.63. The third-order valence-electron chi connectivity index (χ3n) is 5.66. The molecule has 1 heterocycles. The number of furan rings is 1. The Morgan fingerprint density at radius 3 is 2.29 bits per heavy atom. The standard InChI is InChI=1S/C28H34FN3O5S/c1-18(17-30-21-9-11-22(12-10-21)38(5,35)36)31-26(33)23(16-28(2,3)4)32-27(34)25-14-13-24(37-25)19-7-6-8-20(29)15-19/h6-15,18,23,30H,16-17H2,1-5H3,(H,31,33)(H,32,34)/t18-,23-/m0/s1. The quantitative estimate of drug-likeness (QED) is 0.343. The lowest BCUT2D eigenvalue weighted by Gasteiger charge is -2.27. The maximum absolute atomic E-state index is 13.6. The van der Waals surface area contributed by atoms with Crippen molar-refractivity contribution in [1.82, 2.24) is 10.6 Å². The molecule has 38 heavy (non-hydrogen) atoms. The number of halogens is 1. The van der Waals surface area contributed by atoms with Crippen LogP contribution < -0.4 is 16.0 Å². The average molecular weight is 544 g/mol. The first-order valence-corrected chi connectivity index (χ1v) is 14.1. The van der Waals surface area contributed by atoms with Gasteiger partial charge in [0.25, 0.3) is 5.91 Å². The van der Waals surface area contributed by atoms with Crippen LogP contribution in [0.1, 0.15) is 44.7 Å². The van der Waals surface area contributed by atoms with Gasteiger partial charge < -0.3 is 20.4 Å². The van der Waals surface area contributed by atoms with Gasteiger partial charge in [-0.1, -0.05) is 32.9 Å². The van der Waals surface area contributed by atoms with Gasteiger partial charge in [-0.15, -0.1) is 0 Å². The highest BCUT2D eigenvalue weighted by Crippen LogP contribution is 2.24. The molecule has 0 fully saturated rings. The number of amides is 2. The molecule has 1 aromatic heterocycles. The Morgan fingerprint density at radius 1 is 1.00 bits per heavy atom. The van der Waals surface area contributed by atoms with E-state index >= 15 is 0 Å². The largest absolute Gasteiger partial charge is 0.451 e.